The number of aromatic amines is 1. The van der Waals surface area contributed by atoms with Gasteiger partial charge in [-0.1, -0.05) is 5.16 Å². The van der Waals surface area contributed by atoms with Gasteiger partial charge in [0.05, 0.1) is 0 Å². The molecule has 0 aromatic carbocycles. The lowest BCUT2D eigenvalue weighted by Gasteiger charge is -1.97. The van der Waals surface area contributed by atoms with E-state index in [1.54, 1.807) is 7.05 Å². The fraction of sp³-hybridized carbons (Fsp3) is 0.538. The van der Waals surface area contributed by atoms with Gasteiger partial charge in [-0.25, -0.2) is 4.79 Å². The third-order valence-corrected chi connectivity index (χ3v) is 4.18. The molecule has 0 bridgehead atoms. The molecule has 0 unspecified atom stereocenters. The maximum absolute atomic E-state index is 11.8. The van der Waals surface area contributed by atoms with Crippen molar-refractivity contribution in [2.24, 2.45) is 18.9 Å². The summed E-state index contributed by atoms with van der Waals surface area (Å²) in [6.07, 6.45) is 5.16. The molecular weight excluding hydrogens is 260 g/mol. The van der Waals surface area contributed by atoms with E-state index in [0.717, 1.165) is 12.3 Å². The number of nitrogens with one attached hydrogen (secondary N) is 1. The molecule has 2 fully saturated rings. The highest BCUT2D eigenvalue weighted by atomic mass is 16.5. The van der Waals surface area contributed by atoms with E-state index in [2.05, 4.69) is 15.1 Å². The topological polar surface area (TPSA) is 93.8 Å². The minimum absolute atomic E-state index is 0.248. The second-order valence-electron chi connectivity index (χ2n) is 5.71. The number of aryl methyl sites for hydroxylation is 1. The number of H-pyrrole nitrogens is 1. The normalized spacial score (nSPS) is 24.9. The molecule has 0 saturated heterocycles. The Balaban J connectivity index is 1.66. The van der Waals surface area contributed by atoms with Gasteiger partial charge >= 0.3 is 5.69 Å². The van der Waals surface area contributed by atoms with Crippen molar-refractivity contribution in [3.05, 3.63) is 32.9 Å². The summed E-state index contributed by atoms with van der Waals surface area (Å²) in [7, 11) is 1.56. The Bertz CT molecular complexity index is 783. The third-order valence-electron chi connectivity index (χ3n) is 4.18. The summed E-state index contributed by atoms with van der Waals surface area (Å²) < 4.78 is 6.56. The van der Waals surface area contributed by atoms with Gasteiger partial charge in [0.1, 0.15) is 5.56 Å². The van der Waals surface area contributed by atoms with E-state index in [9.17, 15) is 9.59 Å². The number of hydrogen-bond donors (Lipinski definition) is 1. The lowest BCUT2D eigenvalue weighted by molar-refractivity contribution is 0.374. The summed E-state index contributed by atoms with van der Waals surface area (Å²) in [6, 6.07) is 0. The second-order valence-corrected chi connectivity index (χ2v) is 5.71. The number of aromatic nitrogens is 4. The minimum Gasteiger partial charge on any atom is -0.339 e. The molecule has 7 heteroatoms. The largest absolute Gasteiger partial charge is 0.339 e. The first-order valence-electron chi connectivity index (χ1n) is 6.77. The smallest absolute Gasteiger partial charge is 0.328 e. The Morgan fingerprint density at radius 1 is 1.40 bits per heavy atom. The fourth-order valence-corrected chi connectivity index (χ4v) is 2.76. The Morgan fingerprint density at radius 3 is 2.95 bits per heavy atom. The van der Waals surface area contributed by atoms with E-state index < -0.39 is 11.2 Å². The highest BCUT2D eigenvalue weighted by Gasteiger charge is 2.50. The maximum Gasteiger partial charge on any atom is 0.328 e. The SMILES string of the molecule is Cn1cc(-c2noc([C@H]3C[C@@H]3C3CC3)n2)c(=O)[nH]c1=O. The van der Waals surface area contributed by atoms with Crippen molar-refractivity contribution >= 4 is 0 Å². The molecule has 20 heavy (non-hydrogen) atoms. The van der Waals surface area contributed by atoms with E-state index >= 15 is 0 Å². The van der Waals surface area contributed by atoms with Crippen LogP contribution in [0.1, 0.15) is 31.1 Å². The zero-order valence-corrected chi connectivity index (χ0v) is 11.0. The van der Waals surface area contributed by atoms with Crippen molar-refractivity contribution in [1.82, 2.24) is 19.7 Å². The molecule has 0 amide bonds. The molecule has 2 saturated carbocycles. The summed E-state index contributed by atoms with van der Waals surface area (Å²) in [5, 5.41) is 3.87. The first kappa shape index (κ1) is 11.6. The van der Waals surface area contributed by atoms with Crippen LogP contribution in [-0.4, -0.2) is 19.7 Å². The fourth-order valence-electron chi connectivity index (χ4n) is 2.76. The predicted octanol–water partition coefficient (Wildman–Crippen LogP) is 0.637. The lowest BCUT2D eigenvalue weighted by Crippen LogP contribution is -2.28. The van der Waals surface area contributed by atoms with Crippen molar-refractivity contribution < 1.29 is 4.52 Å². The molecule has 0 radical (unpaired) electrons. The van der Waals surface area contributed by atoms with Gasteiger partial charge in [-0.15, -0.1) is 0 Å². The Hall–Kier alpha value is -2.18. The van der Waals surface area contributed by atoms with Gasteiger partial charge in [-0.2, -0.15) is 4.98 Å². The van der Waals surface area contributed by atoms with Crippen LogP contribution in [0.15, 0.2) is 20.3 Å². The average Bonchev–Trinajstić information content (AvgIpc) is 3.31. The zero-order valence-electron chi connectivity index (χ0n) is 11.0. The second kappa shape index (κ2) is 3.91. The molecule has 2 aromatic rings. The molecule has 1 N–H and O–H groups in total. The van der Waals surface area contributed by atoms with Crippen LogP contribution in [-0.2, 0) is 7.05 Å². The van der Waals surface area contributed by atoms with Gasteiger partial charge in [0.15, 0.2) is 0 Å². The van der Waals surface area contributed by atoms with E-state index in [4.69, 9.17) is 4.52 Å². The van der Waals surface area contributed by atoms with Crippen molar-refractivity contribution in [2.45, 2.75) is 25.2 Å². The van der Waals surface area contributed by atoms with Crippen LogP contribution in [0, 0.1) is 11.8 Å². The Morgan fingerprint density at radius 2 is 2.20 bits per heavy atom. The average molecular weight is 274 g/mol. The first-order valence-corrected chi connectivity index (χ1v) is 6.77. The zero-order chi connectivity index (χ0) is 13.9. The van der Waals surface area contributed by atoms with Gasteiger partial charge in [0, 0.05) is 19.2 Å². The van der Waals surface area contributed by atoms with Crippen LogP contribution in [0.4, 0.5) is 0 Å². The molecule has 0 aliphatic heterocycles. The molecule has 2 aromatic heterocycles. The predicted molar refractivity (Wildman–Crippen MR) is 69.2 cm³/mol. The molecule has 7 nitrogen and oxygen atoms in total. The maximum atomic E-state index is 11.8. The molecule has 2 aliphatic carbocycles. The quantitative estimate of drug-likeness (QED) is 0.886. The third kappa shape index (κ3) is 1.81. The van der Waals surface area contributed by atoms with E-state index in [0.29, 0.717) is 17.7 Å². The summed E-state index contributed by atoms with van der Waals surface area (Å²) in [6.45, 7) is 0. The van der Waals surface area contributed by atoms with Crippen LogP contribution < -0.4 is 11.2 Å². The molecule has 104 valence electrons. The summed E-state index contributed by atoms with van der Waals surface area (Å²) in [5.41, 5.74) is -0.695. The standard InChI is InChI=1S/C13H14N4O3/c1-17-5-9(11(18)15-13(17)19)10-14-12(20-16-10)8-4-7(8)6-2-3-6/h5-8H,2-4H2,1H3,(H,15,18,19)/t7-,8+/m1/s1. The van der Waals surface area contributed by atoms with Gasteiger partial charge in [0.25, 0.3) is 5.56 Å². The molecular formula is C13H14N4O3. The van der Waals surface area contributed by atoms with Gasteiger partial charge < -0.3 is 9.09 Å². The summed E-state index contributed by atoms with van der Waals surface area (Å²) in [5.74, 6) is 2.73. The van der Waals surface area contributed by atoms with Crippen molar-refractivity contribution in [3.63, 3.8) is 0 Å². The number of nitrogens with zero attached hydrogens (tertiary/aromatic N) is 3. The molecule has 0 spiro atoms. The minimum atomic E-state index is -0.491. The van der Waals surface area contributed by atoms with Gasteiger partial charge in [0.2, 0.25) is 11.7 Å². The van der Waals surface area contributed by atoms with Crippen molar-refractivity contribution in [1.29, 1.82) is 0 Å². The Labute approximate surface area is 113 Å². The summed E-state index contributed by atoms with van der Waals surface area (Å²) in [4.78, 5) is 29.6. The first-order chi connectivity index (χ1) is 9.63. The molecule has 2 atom stereocenters. The lowest BCUT2D eigenvalue weighted by atomic mass is 10.2. The van der Waals surface area contributed by atoms with Crippen molar-refractivity contribution in [2.75, 3.05) is 0 Å². The van der Waals surface area contributed by atoms with E-state index in [1.807, 2.05) is 0 Å². The van der Waals surface area contributed by atoms with Crippen molar-refractivity contribution in [3.8, 4) is 11.4 Å². The molecule has 4 rings (SSSR count). The van der Waals surface area contributed by atoms with E-state index in [1.165, 1.54) is 23.6 Å². The van der Waals surface area contributed by atoms with Crippen LogP contribution in [0.2, 0.25) is 0 Å². The monoisotopic (exact) mass is 274 g/mol. The van der Waals surface area contributed by atoms with E-state index in [-0.39, 0.29) is 11.4 Å². The highest BCUT2D eigenvalue weighted by Crippen LogP contribution is 2.58. The number of rotatable bonds is 3. The molecule has 2 aliphatic rings. The van der Waals surface area contributed by atoms with Crippen LogP contribution in [0.3, 0.4) is 0 Å². The van der Waals surface area contributed by atoms with Crippen LogP contribution in [0.25, 0.3) is 11.4 Å². The van der Waals surface area contributed by atoms with Gasteiger partial charge in [-0.05, 0) is 31.1 Å². The number of hydrogen-bond acceptors (Lipinski definition) is 5. The highest BCUT2D eigenvalue weighted by molar-refractivity contribution is 5.50. The Kier molecular flexibility index (Phi) is 2.27. The van der Waals surface area contributed by atoms with Crippen LogP contribution >= 0.6 is 0 Å². The molecule has 2 heterocycles. The summed E-state index contributed by atoms with van der Waals surface area (Å²) >= 11 is 0. The van der Waals surface area contributed by atoms with Gasteiger partial charge in [-0.3, -0.25) is 9.78 Å². The van der Waals surface area contributed by atoms with Crippen LogP contribution in [0.5, 0.6) is 0 Å².